The number of sulfonamides is 1. The van der Waals surface area contributed by atoms with Crippen LogP contribution in [0.5, 0.6) is 0 Å². The smallest absolute Gasteiger partial charge is 0.243 e. The topological polar surface area (TPSA) is 63.4 Å². The first-order valence-corrected chi connectivity index (χ1v) is 7.13. The van der Waals surface area contributed by atoms with Crippen LogP contribution in [-0.4, -0.2) is 25.3 Å². The molecule has 0 unspecified atom stereocenters. The second-order valence-corrected chi connectivity index (χ2v) is 6.13. The lowest BCUT2D eigenvalue weighted by molar-refractivity contribution is 0.369. The third kappa shape index (κ3) is 2.61. The van der Waals surface area contributed by atoms with Crippen molar-refractivity contribution in [1.29, 1.82) is 0 Å². The van der Waals surface area contributed by atoms with E-state index in [1.54, 1.807) is 25.1 Å². The number of anilines is 1. The number of rotatable bonds is 4. The molecule has 0 saturated carbocycles. The van der Waals surface area contributed by atoms with Crippen molar-refractivity contribution in [3.05, 3.63) is 23.8 Å². The van der Waals surface area contributed by atoms with E-state index in [4.69, 9.17) is 5.73 Å². The highest BCUT2D eigenvalue weighted by Crippen LogP contribution is 2.24. The molecule has 1 aromatic rings. The fourth-order valence-electron chi connectivity index (χ4n) is 1.85. The first-order valence-electron chi connectivity index (χ1n) is 5.69. The quantitative estimate of drug-likeness (QED) is 0.838. The van der Waals surface area contributed by atoms with Crippen molar-refractivity contribution in [2.75, 3.05) is 12.3 Å². The van der Waals surface area contributed by atoms with Gasteiger partial charge in [0.05, 0.1) is 4.90 Å². The third-order valence-electron chi connectivity index (χ3n) is 2.80. The van der Waals surface area contributed by atoms with Crippen LogP contribution in [0.25, 0.3) is 0 Å². The highest BCUT2D eigenvalue weighted by Gasteiger charge is 2.27. The van der Waals surface area contributed by atoms with Crippen LogP contribution < -0.4 is 5.73 Å². The summed E-state index contributed by atoms with van der Waals surface area (Å²) in [5, 5.41) is 0. The van der Waals surface area contributed by atoms with E-state index in [9.17, 15) is 8.42 Å². The van der Waals surface area contributed by atoms with Gasteiger partial charge in [-0.05, 0) is 38.5 Å². The number of hydrogen-bond donors (Lipinski definition) is 1. The SMILES string of the molecule is CCN(C(C)C)S(=O)(=O)c1cccc(N)c1C. The van der Waals surface area contributed by atoms with Crippen LogP contribution >= 0.6 is 0 Å². The zero-order valence-electron chi connectivity index (χ0n) is 10.8. The molecule has 0 aliphatic heterocycles. The molecule has 0 saturated heterocycles. The van der Waals surface area contributed by atoms with E-state index in [0.717, 1.165) is 0 Å². The van der Waals surface area contributed by atoms with Crippen molar-refractivity contribution < 1.29 is 8.42 Å². The Bertz CT molecular complexity index is 495. The Morgan fingerprint density at radius 1 is 1.35 bits per heavy atom. The van der Waals surface area contributed by atoms with Gasteiger partial charge in [0.2, 0.25) is 10.0 Å². The molecule has 17 heavy (non-hydrogen) atoms. The molecule has 0 radical (unpaired) electrons. The van der Waals surface area contributed by atoms with Crippen molar-refractivity contribution in [3.8, 4) is 0 Å². The van der Waals surface area contributed by atoms with E-state index in [1.165, 1.54) is 4.31 Å². The second kappa shape index (κ2) is 5.06. The second-order valence-electron chi connectivity index (χ2n) is 4.27. The maximum atomic E-state index is 12.4. The predicted molar refractivity (Wildman–Crippen MR) is 70.3 cm³/mol. The molecular weight excluding hydrogens is 236 g/mol. The molecule has 5 heteroatoms. The maximum Gasteiger partial charge on any atom is 0.243 e. The Balaban J connectivity index is 3.36. The number of nitrogen functional groups attached to an aromatic ring is 1. The molecular formula is C12H20N2O2S. The molecule has 0 amide bonds. The van der Waals surface area contributed by atoms with Gasteiger partial charge < -0.3 is 5.73 Å². The molecule has 2 N–H and O–H groups in total. The van der Waals surface area contributed by atoms with Crippen molar-refractivity contribution in [3.63, 3.8) is 0 Å². The Kier molecular flexibility index (Phi) is 4.16. The van der Waals surface area contributed by atoms with Gasteiger partial charge in [-0.25, -0.2) is 8.42 Å². The summed E-state index contributed by atoms with van der Waals surface area (Å²) in [6, 6.07) is 4.92. The molecule has 96 valence electrons. The number of nitrogens with zero attached hydrogens (tertiary/aromatic N) is 1. The zero-order chi connectivity index (χ0) is 13.2. The molecule has 0 spiro atoms. The average Bonchev–Trinajstić information content (AvgIpc) is 2.21. The van der Waals surface area contributed by atoms with E-state index < -0.39 is 10.0 Å². The molecule has 0 aromatic heterocycles. The Hall–Kier alpha value is -1.07. The first kappa shape index (κ1) is 14.0. The molecule has 0 heterocycles. The lowest BCUT2D eigenvalue weighted by atomic mass is 10.2. The van der Waals surface area contributed by atoms with E-state index in [2.05, 4.69) is 0 Å². The maximum absolute atomic E-state index is 12.4. The normalized spacial score (nSPS) is 12.4. The minimum atomic E-state index is -3.45. The summed E-state index contributed by atoms with van der Waals surface area (Å²) in [5.41, 5.74) is 6.87. The first-order chi connectivity index (χ1) is 7.82. The lowest BCUT2D eigenvalue weighted by Crippen LogP contribution is -2.37. The molecule has 0 aliphatic rings. The van der Waals surface area contributed by atoms with Crippen LogP contribution in [0.15, 0.2) is 23.1 Å². The minimum absolute atomic E-state index is 0.0640. The van der Waals surface area contributed by atoms with Crippen LogP contribution in [0, 0.1) is 6.92 Å². The summed E-state index contributed by atoms with van der Waals surface area (Å²) in [6.45, 7) is 7.75. The van der Waals surface area contributed by atoms with Gasteiger partial charge in [0.25, 0.3) is 0 Å². The van der Waals surface area contributed by atoms with E-state index in [-0.39, 0.29) is 6.04 Å². The minimum Gasteiger partial charge on any atom is -0.398 e. The fraction of sp³-hybridized carbons (Fsp3) is 0.500. The molecule has 0 bridgehead atoms. The van der Waals surface area contributed by atoms with E-state index in [1.807, 2.05) is 20.8 Å². The van der Waals surface area contributed by atoms with Gasteiger partial charge in [0.15, 0.2) is 0 Å². The number of benzene rings is 1. The largest absolute Gasteiger partial charge is 0.398 e. The third-order valence-corrected chi connectivity index (χ3v) is 5.10. The Morgan fingerprint density at radius 2 is 1.94 bits per heavy atom. The summed E-state index contributed by atoms with van der Waals surface area (Å²) in [5.74, 6) is 0. The van der Waals surface area contributed by atoms with Gasteiger partial charge in [0, 0.05) is 18.3 Å². The summed E-state index contributed by atoms with van der Waals surface area (Å²) >= 11 is 0. The molecule has 1 rings (SSSR count). The summed E-state index contributed by atoms with van der Waals surface area (Å²) in [4.78, 5) is 0.299. The number of nitrogens with two attached hydrogens (primary N) is 1. The lowest BCUT2D eigenvalue weighted by Gasteiger charge is -2.25. The highest BCUT2D eigenvalue weighted by molar-refractivity contribution is 7.89. The van der Waals surface area contributed by atoms with Crippen LogP contribution in [-0.2, 0) is 10.0 Å². The molecule has 1 aromatic carbocycles. The number of hydrogen-bond acceptors (Lipinski definition) is 3. The van der Waals surface area contributed by atoms with Gasteiger partial charge in [-0.1, -0.05) is 13.0 Å². The molecule has 0 fully saturated rings. The van der Waals surface area contributed by atoms with Gasteiger partial charge >= 0.3 is 0 Å². The van der Waals surface area contributed by atoms with Crippen LogP contribution in [0.1, 0.15) is 26.3 Å². The van der Waals surface area contributed by atoms with Crippen molar-refractivity contribution in [1.82, 2.24) is 4.31 Å². The van der Waals surface area contributed by atoms with E-state index in [0.29, 0.717) is 22.7 Å². The van der Waals surface area contributed by atoms with Gasteiger partial charge in [-0.3, -0.25) is 0 Å². The Morgan fingerprint density at radius 3 is 2.41 bits per heavy atom. The summed E-state index contributed by atoms with van der Waals surface area (Å²) < 4.78 is 26.4. The Labute approximate surface area is 103 Å². The van der Waals surface area contributed by atoms with Crippen LogP contribution in [0.4, 0.5) is 5.69 Å². The summed E-state index contributed by atoms with van der Waals surface area (Å²) in [7, 11) is -3.45. The molecule has 0 atom stereocenters. The van der Waals surface area contributed by atoms with Gasteiger partial charge in [-0.2, -0.15) is 4.31 Å². The predicted octanol–water partition coefficient (Wildman–Crippen LogP) is 2.00. The molecule has 0 aliphatic carbocycles. The highest BCUT2D eigenvalue weighted by atomic mass is 32.2. The monoisotopic (exact) mass is 256 g/mol. The molecule has 4 nitrogen and oxygen atoms in total. The van der Waals surface area contributed by atoms with Crippen molar-refractivity contribution in [2.24, 2.45) is 0 Å². The fourth-order valence-corrected chi connectivity index (χ4v) is 3.75. The van der Waals surface area contributed by atoms with Gasteiger partial charge in [0.1, 0.15) is 0 Å². The van der Waals surface area contributed by atoms with Crippen molar-refractivity contribution >= 4 is 15.7 Å². The van der Waals surface area contributed by atoms with Gasteiger partial charge in [-0.15, -0.1) is 0 Å². The average molecular weight is 256 g/mol. The zero-order valence-corrected chi connectivity index (χ0v) is 11.6. The standard InChI is InChI=1S/C12H20N2O2S/c1-5-14(9(2)3)17(15,16)12-8-6-7-11(13)10(12)4/h6-9H,5,13H2,1-4H3. The van der Waals surface area contributed by atoms with Crippen LogP contribution in [0.2, 0.25) is 0 Å². The van der Waals surface area contributed by atoms with Crippen LogP contribution in [0.3, 0.4) is 0 Å². The van der Waals surface area contributed by atoms with E-state index >= 15 is 0 Å². The van der Waals surface area contributed by atoms with Crippen molar-refractivity contribution in [2.45, 2.75) is 38.6 Å². The summed E-state index contributed by atoms with van der Waals surface area (Å²) in [6.07, 6.45) is 0.